The summed E-state index contributed by atoms with van der Waals surface area (Å²) in [7, 11) is 0. The Morgan fingerprint density at radius 1 is 1.04 bits per heavy atom. The first-order valence-electron chi connectivity index (χ1n) is 8.06. The summed E-state index contributed by atoms with van der Waals surface area (Å²) in [6, 6.07) is 0. The van der Waals surface area contributed by atoms with Crippen molar-refractivity contribution < 1.29 is 14.3 Å². The highest BCUT2D eigenvalue weighted by molar-refractivity contribution is 7.99. The van der Waals surface area contributed by atoms with Crippen molar-refractivity contribution in [2.24, 2.45) is 0 Å². The minimum absolute atomic E-state index is 0.0444. The van der Waals surface area contributed by atoms with Crippen LogP contribution >= 0.6 is 11.8 Å². The van der Waals surface area contributed by atoms with Crippen molar-refractivity contribution in [3.05, 3.63) is 17.0 Å². The highest BCUT2D eigenvalue weighted by atomic mass is 32.2. The summed E-state index contributed by atoms with van der Waals surface area (Å²) in [6.45, 7) is 10.1. The standard InChI is InChI=1S/C16H24N4O3S/c1-5-23-16(22)20-8-6-19(7-9-20)14(21)10-24-15-17-12(3)11(2)13(4)18-15/h5-10H2,1-4H3. The number of ether oxygens (including phenoxy) is 1. The van der Waals surface area contributed by atoms with E-state index in [1.807, 2.05) is 20.8 Å². The molecule has 0 unspecified atom stereocenters. The number of aryl methyl sites for hydroxylation is 2. The van der Waals surface area contributed by atoms with Crippen LogP contribution < -0.4 is 0 Å². The third-order valence-corrected chi connectivity index (χ3v) is 4.93. The number of piperazine rings is 1. The van der Waals surface area contributed by atoms with Gasteiger partial charge in [-0.3, -0.25) is 4.79 Å². The van der Waals surface area contributed by atoms with Gasteiger partial charge in [0.15, 0.2) is 5.16 Å². The zero-order chi connectivity index (χ0) is 17.7. The Morgan fingerprint density at radius 3 is 2.12 bits per heavy atom. The number of carbonyl (C=O) groups excluding carboxylic acids is 2. The van der Waals surface area contributed by atoms with Crippen LogP contribution in [0.4, 0.5) is 4.79 Å². The van der Waals surface area contributed by atoms with Gasteiger partial charge in [-0.15, -0.1) is 0 Å². The molecule has 0 aromatic carbocycles. The third kappa shape index (κ3) is 4.59. The molecule has 1 fully saturated rings. The molecule has 1 saturated heterocycles. The highest BCUT2D eigenvalue weighted by Crippen LogP contribution is 2.18. The molecule has 1 aromatic rings. The van der Waals surface area contributed by atoms with Gasteiger partial charge in [-0.2, -0.15) is 0 Å². The first-order valence-corrected chi connectivity index (χ1v) is 9.05. The van der Waals surface area contributed by atoms with Gasteiger partial charge in [-0.05, 0) is 33.3 Å². The van der Waals surface area contributed by atoms with Crippen molar-refractivity contribution in [1.82, 2.24) is 19.8 Å². The van der Waals surface area contributed by atoms with Crippen molar-refractivity contribution >= 4 is 23.8 Å². The average Bonchev–Trinajstić information content (AvgIpc) is 2.57. The maximum atomic E-state index is 12.3. The summed E-state index contributed by atoms with van der Waals surface area (Å²) in [4.78, 5) is 36.2. The van der Waals surface area contributed by atoms with E-state index < -0.39 is 0 Å². The number of thioether (sulfide) groups is 1. The van der Waals surface area contributed by atoms with Gasteiger partial charge in [-0.25, -0.2) is 14.8 Å². The van der Waals surface area contributed by atoms with E-state index in [0.29, 0.717) is 43.7 Å². The van der Waals surface area contributed by atoms with Crippen LogP contribution in [0.15, 0.2) is 5.16 Å². The summed E-state index contributed by atoms with van der Waals surface area (Å²) < 4.78 is 4.98. The topological polar surface area (TPSA) is 75.6 Å². The molecule has 0 aliphatic carbocycles. The van der Waals surface area contributed by atoms with Crippen LogP contribution in [0.3, 0.4) is 0 Å². The molecular formula is C16H24N4O3S. The average molecular weight is 352 g/mol. The molecule has 7 nitrogen and oxygen atoms in total. The SMILES string of the molecule is CCOC(=O)N1CCN(C(=O)CSc2nc(C)c(C)c(C)n2)CC1. The Kier molecular flexibility index (Phi) is 6.42. The van der Waals surface area contributed by atoms with Crippen molar-refractivity contribution in [2.45, 2.75) is 32.9 Å². The quantitative estimate of drug-likeness (QED) is 0.607. The fraction of sp³-hybridized carbons (Fsp3) is 0.625. The second kappa shape index (κ2) is 8.32. The van der Waals surface area contributed by atoms with E-state index in [-0.39, 0.29) is 12.0 Å². The monoisotopic (exact) mass is 352 g/mol. The van der Waals surface area contributed by atoms with Crippen molar-refractivity contribution in [3.8, 4) is 0 Å². The van der Waals surface area contributed by atoms with Crippen molar-refractivity contribution in [3.63, 3.8) is 0 Å². The third-order valence-electron chi connectivity index (χ3n) is 4.10. The number of amides is 2. The van der Waals surface area contributed by atoms with Crippen LogP contribution in [0.2, 0.25) is 0 Å². The lowest BCUT2D eigenvalue weighted by molar-refractivity contribution is -0.129. The van der Waals surface area contributed by atoms with Gasteiger partial charge in [0, 0.05) is 37.6 Å². The maximum absolute atomic E-state index is 12.3. The number of hydrogen-bond acceptors (Lipinski definition) is 6. The van der Waals surface area contributed by atoms with Gasteiger partial charge in [0.1, 0.15) is 0 Å². The smallest absolute Gasteiger partial charge is 0.409 e. The summed E-state index contributed by atoms with van der Waals surface area (Å²) in [6.07, 6.45) is -0.307. The molecule has 0 bridgehead atoms. The molecular weight excluding hydrogens is 328 g/mol. The minimum atomic E-state index is -0.307. The zero-order valence-corrected chi connectivity index (χ0v) is 15.5. The van der Waals surface area contributed by atoms with Gasteiger partial charge in [-0.1, -0.05) is 11.8 Å². The number of nitrogens with zero attached hydrogens (tertiary/aromatic N) is 4. The van der Waals surface area contributed by atoms with E-state index in [0.717, 1.165) is 17.0 Å². The molecule has 0 saturated carbocycles. The lowest BCUT2D eigenvalue weighted by Crippen LogP contribution is -2.51. The molecule has 24 heavy (non-hydrogen) atoms. The lowest BCUT2D eigenvalue weighted by Gasteiger charge is -2.34. The molecule has 0 spiro atoms. The molecule has 1 aliphatic heterocycles. The lowest BCUT2D eigenvalue weighted by atomic mass is 10.2. The van der Waals surface area contributed by atoms with Crippen molar-refractivity contribution in [2.75, 3.05) is 38.5 Å². The molecule has 0 N–H and O–H groups in total. The Hall–Kier alpha value is -1.83. The van der Waals surface area contributed by atoms with Gasteiger partial charge < -0.3 is 14.5 Å². The van der Waals surface area contributed by atoms with Crippen LogP contribution in [-0.2, 0) is 9.53 Å². The van der Waals surface area contributed by atoms with Crippen LogP contribution in [0.5, 0.6) is 0 Å². The predicted molar refractivity (Wildman–Crippen MR) is 92.1 cm³/mol. The fourth-order valence-corrected chi connectivity index (χ4v) is 3.21. The summed E-state index contributed by atoms with van der Waals surface area (Å²) in [5, 5.41) is 0.633. The van der Waals surface area contributed by atoms with E-state index in [2.05, 4.69) is 9.97 Å². The summed E-state index contributed by atoms with van der Waals surface area (Å²) >= 11 is 1.36. The minimum Gasteiger partial charge on any atom is -0.450 e. The number of carbonyl (C=O) groups is 2. The van der Waals surface area contributed by atoms with Crippen LogP contribution in [0.25, 0.3) is 0 Å². The second-order valence-electron chi connectivity index (χ2n) is 5.66. The summed E-state index contributed by atoms with van der Waals surface area (Å²) in [5.74, 6) is 0.351. The predicted octanol–water partition coefficient (Wildman–Crippen LogP) is 1.79. The summed E-state index contributed by atoms with van der Waals surface area (Å²) in [5.41, 5.74) is 2.97. The van der Waals surface area contributed by atoms with E-state index in [4.69, 9.17) is 4.74 Å². The molecule has 2 rings (SSSR count). The van der Waals surface area contributed by atoms with Gasteiger partial charge in [0.05, 0.1) is 12.4 Å². The fourth-order valence-electron chi connectivity index (χ4n) is 2.38. The van der Waals surface area contributed by atoms with Crippen molar-refractivity contribution in [1.29, 1.82) is 0 Å². The molecule has 2 heterocycles. The molecule has 1 aromatic heterocycles. The number of rotatable bonds is 4. The largest absolute Gasteiger partial charge is 0.450 e. The second-order valence-corrected chi connectivity index (χ2v) is 6.60. The molecule has 1 aliphatic rings. The molecule has 0 radical (unpaired) electrons. The van der Waals surface area contributed by atoms with Crippen LogP contribution in [-0.4, -0.2) is 70.3 Å². The highest BCUT2D eigenvalue weighted by Gasteiger charge is 2.24. The molecule has 132 valence electrons. The number of hydrogen-bond donors (Lipinski definition) is 0. The molecule has 0 atom stereocenters. The Morgan fingerprint density at radius 2 is 1.58 bits per heavy atom. The van der Waals surface area contributed by atoms with Crippen LogP contribution in [0, 0.1) is 20.8 Å². The maximum Gasteiger partial charge on any atom is 0.409 e. The Labute approximate surface area is 146 Å². The van der Waals surface area contributed by atoms with Gasteiger partial charge >= 0.3 is 6.09 Å². The van der Waals surface area contributed by atoms with E-state index in [9.17, 15) is 9.59 Å². The Balaban J connectivity index is 1.83. The first kappa shape index (κ1) is 18.5. The zero-order valence-electron chi connectivity index (χ0n) is 14.7. The van der Waals surface area contributed by atoms with Gasteiger partial charge in [0.25, 0.3) is 0 Å². The van der Waals surface area contributed by atoms with E-state index >= 15 is 0 Å². The van der Waals surface area contributed by atoms with E-state index in [1.165, 1.54) is 11.8 Å². The normalized spacial score (nSPS) is 14.7. The van der Waals surface area contributed by atoms with E-state index in [1.54, 1.807) is 16.7 Å². The first-order chi connectivity index (χ1) is 11.4. The molecule has 2 amide bonds. The molecule has 8 heteroatoms. The Bertz CT molecular complexity index is 592. The van der Waals surface area contributed by atoms with Crippen LogP contribution in [0.1, 0.15) is 23.9 Å². The number of aromatic nitrogens is 2. The van der Waals surface area contributed by atoms with Gasteiger partial charge in [0.2, 0.25) is 5.91 Å².